The number of carbonyl (C=O) groups excluding carboxylic acids is 3. The summed E-state index contributed by atoms with van der Waals surface area (Å²) in [5, 5.41) is 15.3. The van der Waals surface area contributed by atoms with Crippen LogP contribution in [0.3, 0.4) is 0 Å². The third kappa shape index (κ3) is 5.64. The highest BCUT2D eigenvalue weighted by Gasteiger charge is 2.27. The number of aromatic nitrogens is 2. The minimum atomic E-state index is -0.546. The van der Waals surface area contributed by atoms with Crippen molar-refractivity contribution in [1.29, 1.82) is 0 Å². The molecule has 1 aromatic heterocycles. The summed E-state index contributed by atoms with van der Waals surface area (Å²) in [5.74, 6) is -1.23. The summed E-state index contributed by atoms with van der Waals surface area (Å²) in [4.78, 5) is 39.1. The molecule has 0 spiro atoms. The highest BCUT2D eigenvalue weighted by molar-refractivity contribution is 6.40. The Hall–Kier alpha value is -3.82. The molecule has 0 unspecified atom stereocenters. The number of nitrogens with one attached hydrogen (secondary N) is 4. The Morgan fingerprint density at radius 1 is 1.06 bits per heavy atom. The van der Waals surface area contributed by atoms with Crippen molar-refractivity contribution in [2.24, 2.45) is 0 Å². The van der Waals surface area contributed by atoms with Gasteiger partial charge >= 0.3 is 0 Å². The van der Waals surface area contributed by atoms with Crippen LogP contribution >= 0.6 is 23.2 Å². The molecule has 1 fully saturated rings. The van der Waals surface area contributed by atoms with Gasteiger partial charge in [0.2, 0.25) is 5.91 Å². The lowest BCUT2D eigenvalue weighted by Gasteiger charge is -2.19. The van der Waals surface area contributed by atoms with Gasteiger partial charge in [-0.1, -0.05) is 35.8 Å². The summed E-state index contributed by atoms with van der Waals surface area (Å²) in [6.45, 7) is 4.79. The van der Waals surface area contributed by atoms with Gasteiger partial charge < -0.3 is 20.9 Å². The zero-order valence-electron chi connectivity index (χ0n) is 18.5. The maximum Gasteiger partial charge on any atom is 0.274 e. The quantitative estimate of drug-likeness (QED) is 0.355. The van der Waals surface area contributed by atoms with Crippen molar-refractivity contribution in [2.45, 2.75) is 12.5 Å². The summed E-state index contributed by atoms with van der Waals surface area (Å²) in [6, 6.07) is 12.1. The Morgan fingerprint density at radius 3 is 2.46 bits per heavy atom. The summed E-state index contributed by atoms with van der Waals surface area (Å²) < 4.78 is 0. The van der Waals surface area contributed by atoms with Crippen LogP contribution in [0.5, 0.6) is 0 Å². The molecule has 2 heterocycles. The predicted molar refractivity (Wildman–Crippen MR) is 136 cm³/mol. The van der Waals surface area contributed by atoms with Crippen LogP contribution in [0, 0.1) is 0 Å². The van der Waals surface area contributed by atoms with Crippen LogP contribution in [0.2, 0.25) is 10.0 Å². The molecule has 1 aliphatic heterocycles. The van der Waals surface area contributed by atoms with E-state index in [1.165, 1.54) is 12.3 Å². The van der Waals surface area contributed by atoms with Gasteiger partial charge in [0.25, 0.3) is 11.8 Å². The van der Waals surface area contributed by atoms with Crippen molar-refractivity contribution in [3.05, 3.63) is 82.6 Å². The Kier molecular flexibility index (Phi) is 7.38. The van der Waals surface area contributed by atoms with E-state index in [0.29, 0.717) is 12.2 Å². The minimum Gasteiger partial charge on any atom is -0.369 e. The number of benzene rings is 2. The molecule has 3 aromatic rings. The van der Waals surface area contributed by atoms with Gasteiger partial charge in [0, 0.05) is 36.7 Å². The van der Waals surface area contributed by atoms with E-state index >= 15 is 0 Å². The van der Waals surface area contributed by atoms with E-state index in [9.17, 15) is 14.4 Å². The first-order valence-electron chi connectivity index (χ1n) is 10.7. The Labute approximate surface area is 211 Å². The molecule has 1 aliphatic rings. The topological polar surface area (TPSA) is 119 Å². The second-order valence-corrected chi connectivity index (χ2v) is 8.66. The van der Waals surface area contributed by atoms with E-state index < -0.39 is 11.8 Å². The average molecular weight is 513 g/mol. The fraction of sp³-hybridized carbons (Fsp3) is 0.167. The lowest BCUT2D eigenvalue weighted by atomic mass is 10.2. The zero-order chi connectivity index (χ0) is 24.9. The van der Waals surface area contributed by atoms with Crippen molar-refractivity contribution in [2.75, 3.05) is 28.6 Å². The van der Waals surface area contributed by atoms with Gasteiger partial charge in [-0.3, -0.25) is 19.5 Å². The highest BCUT2D eigenvalue weighted by Crippen LogP contribution is 2.26. The standard InChI is InChI=1S/C24H22Cl2N6O3/c1-2-20(33)28-14-6-8-16(9-7-14)32-11-10-15(13-32)29-24(35)22-19(12-27-31-22)30-23(34)21-17(25)4-3-5-18(21)26/h2-9,12,15H,1,10-11,13H2,(H,27,31)(H,28,33)(H,29,35)(H,30,34)/t15-/m1/s1. The average Bonchev–Trinajstić information content (AvgIpc) is 3.49. The van der Waals surface area contributed by atoms with E-state index in [2.05, 4.69) is 37.6 Å². The van der Waals surface area contributed by atoms with Crippen LogP contribution in [-0.4, -0.2) is 47.1 Å². The van der Waals surface area contributed by atoms with Gasteiger partial charge in [0.1, 0.15) is 0 Å². The lowest BCUT2D eigenvalue weighted by Crippen LogP contribution is -2.37. The number of H-pyrrole nitrogens is 1. The van der Waals surface area contributed by atoms with E-state index in [4.69, 9.17) is 23.2 Å². The smallest absolute Gasteiger partial charge is 0.274 e. The molecule has 0 aliphatic carbocycles. The Morgan fingerprint density at radius 2 is 1.77 bits per heavy atom. The van der Waals surface area contributed by atoms with Gasteiger partial charge in [-0.2, -0.15) is 5.10 Å². The molecule has 2 aromatic carbocycles. The van der Waals surface area contributed by atoms with Gasteiger partial charge in [-0.15, -0.1) is 0 Å². The monoisotopic (exact) mass is 512 g/mol. The SMILES string of the molecule is C=CC(=O)Nc1ccc(N2CC[C@@H](NC(=O)c3n[nH]cc3NC(=O)c3c(Cl)cccc3Cl)C2)cc1. The number of halogens is 2. The second kappa shape index (κ2) is 10.6. The molecule has 0 saturated carbocycles. The summed E-state index contributed by atoms with van der Waals surface area (Å²) in [6.07, 6.45) is 3.37. The number of amides is 3. The molecule has 4 rings (SSSR count). The molecule has 1 atom stereocenters. The van der Waals surface area contributed by atoms with Crippen LogP contribution in [0.25, 0.3) is 0 Å². The van der Waals surface area contributed by atoms with Crippen molar-refractivity contribution in [3.63, 3.8) is 0 Å². The molecular weight excluding hydrogens is 491 g/mol. The molecule has 1 saturated heterocycles. The first-order chi connectivity index (χ1) is 16.9. The molecule has 11 heteroatoms. The maximum absolute atomic E-state index is 12.9. The zero-order valence-corrected chi connectivity index (χ0v) is 20.0. The normalized spacial score (nSPS) is 14.9. The second-order valence-electron chi connectivity index (χ2n) is 7.84. The van der Waals surface area contributed by atoms with E-state index in [0.717, 1.165) is 18.7 Å². The van der Waals surface area contributed by atoms with Gasteiger partial charge in [0.05, 0.1) is 21.3 Å². The summed E-state index contributed by atoms with van der Waals surface area (Å²) >= 11 is 12.2. The molecule has 35 heavy (non-hydrogen) atoms. The van der Waals surface area contributed by atoms with Crippen molar-refractivity contribution >= 4 is 58.0 Å². The van der Waals surface area contributed by atoms with Gasteiger partial charge in [0.15, 0.2) is 5.69 Å². The maximum atomic E-state index is 12.9. The van der Waals surface area contributed by atoms with E-state index in [1.807, 2.05) is 24.3 Å². The summed E-state index contributed by atoms with van der Waals surface area (Å²) in [7, 11) is 0. The molecule has 4 N–H and O–H groups in total. The van der Waals surface area contributed by atoms with Crippen molar-refractivity contribution in [1.82, 2.24) is 15.5 Å². The van der Waals surface area contributed by atoms with E-state index in [-0.39, 0.29) is 38.9 Å². The predicted octanol–water partition coefficient (Wildman–Crippen LogP) is 4.10. The van der Waals surface area contributed by atoms with Gasteiger partial charge in [-0.25, -0.2) is 0 Å². The Bertz CT molecular complexity index is 1250. The van der Waals surface area contributed by atoms with Crippen LogP contribution in [0.4, 0.5) is 17.1 Å². The van der Waals surface area contributed by atoms with E-state index in [1.54, 1.807) is 18.2 Å². The van der Waals surface area contributed by atoms with Crippen LogP contribution in [-0.2, 0) is 4.79 Å². The van der Waals surface area contributed by atoms with Crippen LogP contribution in [0.15, 0.2) is 61.3 Å². The van der Waals surface area contributed by atoms with Crippen molar-refractivity contribution < 1.29 is 14.4 Å². The fourth-order valence-electron chi connectivity index (χ4n) is 3.77. The lowest BCUT2D eigenvalue weighted by molar-refractivity contribution is -0.111. The number of hydrogen-bond acceptors (Lipinski definition) is 5. The number of aromatic amines is 1. The Balaban J connectivity index is 1.37. The largest absolute Gasteiger partial charge is 0.369 e. The third-order valence-electron chi connectivity index (χ3n) is 5.50. The molecular formula is C24H22Cl2N6O3. The van der Waals surface area contributed by atoms with Crippen LogP contribution < -0.4 is 20.9 Å². The number of carbonyl (C=O) groups is 3. The third-order valence-corrected chi connectivity index (χ3v) is 6.13. The van der Waals surface area contributed by atoms with Crippen molar-refractivity contribution in [3.8, 4) is 0 Å². The molecule has 0 bridgehead atoms. The first kappa shape index (κ1) is 24.3. The molecule has 0 radical (unpaired) electrons. The minimum absolute atomic E-state index is 0.0577. The van der Waals surface area contributed by atoms with Gasteiger partial charge in [-0.05, 0) is 48.9 Å². The number of hydrogen-bond donors (Lipinski definition) is 4. The first-order valence-corrected chi connectivity index (χ1v) is 11.5. The number of nitrogens with zero attached hydrogens (tertiary/aromatic N) is 2. The summed E-state index contributed by atoms with van der Waals surface area (Å²) in [5.41, 5.74) is 2.04. The molecule has 180 valence electrons. The highest BCUT2D eigenvalue weighted by atomic mass is 35.5. The number of rotatable bonds is 7. The molecule has 9 nitrogen and oxygen atoms in total. The van der Waals surface area contributed by atoms with Crippen LogP contribution in [0.1, 0.15) is 27.3 Å². The fourth-order valence-corrected chi connectivity index (χ4v) is 4.34. The molecule has 3 amide bonds. The number of anilines is 3.